The first-order chi connectivity index (χ1) is 2.21. The summed E-state index contributed by atoms with van der Waals surface area (Å²) < 4.78 is 0. The summed E-state index contributed by atoms with van der Waals surface area (Å²) in [5.74, 6) is -0.750. The van der Waals surface area contributed by atoms with Crippen molar-refractivity contribution in [3.05, 3.63) is 0 Å². The molecule has 3 heteroatoms. The van der Waals surface area contributed by atoms with E-state index in [1.54, 1.807) is 6.92 Å². The van der Waals surface area contributed by atoms with Crippen LogP contribution in [-0.4, -0.2) is 5.91 Å². The van der Waals surface area contributed by atoms with Crippen LogP contribution in [0, 0.1) is 0 Å². The van der Waals surface area contributed by atoms with Crippen LogP contribution in [0.5, 0.6) is 0 Å². The van der Waals surface area contributed by atoms with Crippen LogP contribution < -0.4 is 5.73 Å². The molecule has 0 aromatic carbocycles. The van der Waals surface area contributed by atoms with E-state index in [1.807, 2.05) is 0 Å². The molecule has 0 atom stereocenters. The van der Waals surface area contributed by atoms with E-state index >= 15 is 0 Å². The van der Waals surface area contributed by atoms with Crippen molar-refractivity contribution in [2.45, 2.75) is 12.8 Å². The number of nitrogens with two attached hydrogens (primary N) is 1. The maximum Gasteiger partial charge on any atom is 0.282 e. The zero-order chi connectivity index (χ0) is 3.91. The van der Waals surface area contributed by atoms with Gasteiger partial charge in [-0.05, 0) is 0 Å². The van der Waals surface area contributed by atoms with Crippen LogP contribution in [0.2, 0.25) is 0 Å². The molecule has 1 fully saturated rings. The van der Waals surface area contributed by atoms with E-state index in [0.29, 0.717) is 0 Å². The molecule has 0 radical (unpaired) electrons. The molecule has 30 valence electrons. The first-order valence-electron chi connectivity index (χ1n) is 1.36. The van der Waals surface area contributed by atoms with Gasteiger partial charge in [-0.25, -0.2) is 0 Å². The summed E-state index contributed by atoms with van der Waals surface area (Å²) in [5, 5.41) is 0. The van der Waals surface area contributed by atoms with E-state index in [2.05, 4.69) is 9.78 Å². The predicted octanol–water partition coefficient (Wildman–Crippen LogP) is -0.419. The number of rotatable bonds is 0. The van der Waals surface area contributed by atoms with Crippen LogP contribution in [0.25, 0.3) is 0 Å². The van der Waals surface area contributed by atoms with Crippen molar-refractivity contribution >= 4 is 0 Å². The minimum atomic E-state index is -0.750. The molecule has 3 nitrogen and oxygen atoms in total. The van der Waals surface area contributed by atoms with Crippen molar-refractivity contribution in [2.24, 2.45) is 5.73 Å². The van der Waals surface area contributed by atoms with Gasteiger partial charge >= 0.3 is 0 Å². The normalized spacial score (nSPS) is 30.0. The lowest BCUT2D eigenvalue weighted by Gasteiger charge is -1.74. The lowest BCUT2D eigenvalue weighted by Crippen LogP contribution is -2.16. The fourth-order valence-corrected chi connectivity index (χ4v) is 0.0657. The van der Waals surface area contributed by atoms with Crippen molar-refractivity contribution in [1.82, 2.24) is 0 Å². The maximum atomic E-state index is 5.02. The number of hydrogen-bond acceptors (Lipinski definition) is 3. The third-order valence-electron chi connectivity index (χ3n) is 0.346. The molecule has 0 bridgehead atoms. The highest BCUT2D eigenvalue weighted by Gasteiger charge is 2.37. The van der Waals surface area contributed by atoms with Gasteiger partial charge in [0.2, 0.25) is 0 Å². The molecule has 5 heavy (non-hydrogen) atoms. The summed E-state index contributed by atoms with van der Waals surface area (Å²) in [7, 11) is 0. The Kier molecular flexibility index (Phi) is 0.320. The van der Waals surface area contributed by atoms with Gasteiger partial charge in [0.05, 0.1) is 0 Å². The van der Waals surface area contributed by atoms with Crippen LogP contribution in [0.3, 0.4) is 0 Å². The third kappa shape index (κ3) is 0.576. The summed E-state index contributed by atoms with van der Waals surface area (Å²) >= 11 is 0. The first-order valence-corrected chi connectivity index (χ1v) is 1.36. The molecule has 0 amide bonds. The molecule has 2 N–H and O–H groups in total. The molecule has 0 spiro atoms. The van der Waals surface area contributed by atoms with E-state index in [0.717, 1.165) is 0 Å². The first kappa shape index (κ1) is 3.08. The van der Waals surface area contributed by atoms with Crippen LogP contribution in [0.15, 0.2) is 0 Å². The van der Waals surface area contributed by atoms with E-state index in [1.165, 1.54) is 0 Å². The molecule has 1 saturated heterocycles. The summed E-state index contributed by atoms with van der Waals surface area (Å²) in [4.78, 5) is 8.35. The highest BCUT2D eigenvalue weighted by Crippen LogP contribution is 2.19. The van der Waals surface area contributed by atoms with Gasteiger partial charge in [0, 0.05) is 6.92 Å². The molecule has 1 aliphatic rings. The molecule has 0 aliphatic carbocycles. The second kappa shape index (κ2) is 0.518. The van der Waals surface area contributed by atoms with Crippen LogP contribution in [-0.2, 0) is 9.78 Å². The molecular formula is C2H5NO2. The third-order valence-corrected chi connectivity index (χ3v) is 0.346. The zero-order valence-electron chi connectivity index (χ0n) is 2.89. The highest BCUT2D eigenvalue weighted by molar-refractivity contribution is 4.50. The van der Waals surface area contributed by atoms with Crippen molar-refractivity contribution in [3.63, 3.8) is 0 Å². The molecule has 0 aromatic rings. The van der Waals surface area contributed by atoms with Crippen molar-refractivity contribution in [1.29, 1.82) is 0 Å². The molecule has 1 heterocycles. The second-order valence-corrected chi connectivity index (χ2v) is 1.18. The van der Waals surface area contributed by atoms with Gasteiger partial charge in [-0.15, -0.1) is 0 Å². The molecule has 0 saturated carbocycles. The Morgan fingerprint density at radius 1 is 1.60 bits per heavy atom. The van der Waals surface area contributed by atoms with Gasteiger partial charge in [0.25, 0.3) is 5.91 Å². The Hall–Kier alpha value is -0.120. The molecular weight excluding hydrogens is 70.0 g/mol. The minimum absolute atomic E-state index is 0.750. The molecule has 1 rings (SSSR count). The Morgan fingerprint density at radius 2 is 1.80 bits per heavy atom. The average Bonchev–Trinajstić information content (AvgIpc) is 1.76. The molecule has 1 aliphatic heterocycles. The average molecular weight is 75.1 g/mol. The lowest BCUT2D eigenvalue weighted by atomic mass is 10.7. The molecule has 0 unspecified atom stereocenters. The molecule has 0 aromatic heterocycles. The van der Waals surface area contributed by atoms with Crippen molar-refractivity contribution in [3.8, 4) is 0 Å². The van der Waals surface area contributed by atoms with E-state index < -0.39 is 5.91 Å². The van der Waals surface area contributed by atoms with E-state index in [4.69, 9.17) is 5.73 Å². The maximum absolute atomic E-state index is 5.02. The number of hydrogen-bond donors (Lipinski definition) is 1. The van der Waals surface area contributed by atoms with Crippen LogP contribution in [0.1, 0.15) is 6.92 Å². The fourth-order valence-electron chi connectivity index (χ4n) is 0.0657. The standard InChI is InChI=1S/C2H5NO2/c1-2(3)4-5-2/h3H2,1H3. The Labute approximate surface area is 29.6 Å². The van der Waals surface area contributed by atoms with Gasteiger partial charge < -0.3 is 0 Å². The smallest absolute Gasteiger partial charge is 0.276 e. The SMILES string of the molecule is CC1(N)OO1. The van der Waals surface area contributed by atoms with Crippen LogP contribution in [0.4, 0.5) is 0 Å². The van der Waals surface area contributed by atoms with Crippen LogP contribution >= 0.6 is 0 Å². The van der Waals surface area contributed by atoms with Gasteiger partial charge in [-0.2, -0.15) is 9.78 Å². The lowest BCUT2D eigenvalue weighted by molar-refractivity contribution is 0.0850. The second-order valence-electron chi connectivity index (χ2n) is 1.18. The quantitative estimate of drug-likeness (QED) is 0.314. The predicted molar refractivity (Wildman–Crippen MR) is 14.8 cm³/mol. The van der Waals surface area contributed by atoms with Gasteiger partial charge in [-0.1, -0.05) is 0 Å². The van der Waals surface area contributed by atoms with E-state index in [-0.39, 0.29) is 0 Å². The van der Waals surface area contributed by atoms with Gasteiger partial charge in [0.15, 0.2) is 0 Å². The Morgan fingerprint density at radius 3 is 1.80 bits per heavy atom. The minimum Gasteiger partial charge on any atom is -0.276 e. The summed E-state index contributed by atoms with van der Waals surface area (Å²) in [6.07, 6.45) is 0. The highest BCUT2D eigenvalue weighted by atomic mass is 17.4. The zero-order valence-corrected chi connectivity index (χ0v) is 2.89. The summed E-state index contributed by atoms with van der Waals surface area (Å²) in [6, 6.07) is 0. The Balaban J connectivity index is 2.38. The monoisotopic (exact) mass is 75.0 g/mol. The largest absolute Gasteiger partial charge is 0.282 e. The summed E-state index contributed by atoms with van der Waals surface area (Å²) in [6.45, 7) is 1.63. The summed E-state index contributed by atoms with van der Waals surface area (Å²) in [5.41, 5.74) is 5.02. The van der Waals surface area contributed by atoms with Gasteiger partial charge in [0.1, 0.15) is 0 Å². The van der Waals surface area contributed by atoms with Gasteiger partial charge in [-0.3, -0.25) is 5.73 Å². The fraction of sp³-hybridized carbons (Fsp3) is 1.00. The van der Waals surface area contributed by atoms with Crippen molar-refractivity contribution in [2.75, 3.05) is 0 Å². The topological polar surface area (TPSA) is 51.1 Å². The van der Waals surface area contributed by atoms with Crippen molar-refractivity contribution < 1.29 is 9.78 Å². The Bertz CT molecular complexity index is 45.6. The van der Waals surface area contributed by atoms with E-state index in [9.17, 15) is 0 Å².